The van der Waals surface area contributed by atoms with E-state index in [4.69, 9.17) is 9.63 Å². The second-order valence-electron chi connectivity index (χ2n) is 5.46. The standard InChI is InChI=1S/C16H18N2O3/c19-16(20)13-7-4-8-18(10-13)11-14-9-15(17-21-14)12-5-2-1-3-6-12/h1-3,5-6,9,13H,4,7-8,10-11H2,(H,19,20)/t13-/m0/s1. The molecule has 21 heavy (non-hydrogen) atoms. The molecule has 1 atom stereocenters. The summed E-state index contributed by atoms with van der Waals surface area (Å²) in [6, 6.07) is 11.8. The lowest BCUT2D eigenvalue weighted by Gasteiger charge is -2.29. The average Bonchev–Trinajstić information content (AvgIpc) is 2.97. The molecule has 5 heteroatoms. The minimum Gasteiger partial charge on any atom is -0.481 e. The first-order chi connectivity index (χ1) is 10.2. The smallest absolute Gasteiger partial charge is 0.307 e. The Bertz CT molecular complexity index is 609. The van der Waals surface area contributed by atoms with E-state index in [0.717, 1.165) is 36.4 Å². The van der Waals surface area contributed by atoms with Crippen LogP contribution in [0.2, 0.25) is 0 Å². The summed E-state index contributed by atoms with van der Waals surface area (Å²) >= 11 is 0. The minimum absolute atomic E-state index is 0.268. The Morgan fingerprint density at radius 3 is 2.95 bits per heavy atom. The number of aliphatic carboxylic acids is 1. The summed E-state index contributed by atoms with van der Waals surface area (Å²) in [4.78, 5) is 13.2. The van der Waals surface area contributed by atoms with Gasteiger partial charge in [-0.3, -0.25) is 9.69 Å². The summed E-state index contributed by atoms with van der Waals surface area (Å²) in [5, 5.41) is 13.2. The lowest BCUT2D eigenvalue weighted by atomic mass is 9.98. The van der Waals surface area contributed by atoms with Crippen molar-refractivity contribution in [2.24, 2.45) is 5.92 Å². The van der Waals surface area contributed by atoms with Crippen LogP contribution in [-0.4, -0.2) is 34.2 Å². The summed E-state index contributed by atoms with van der Waals surface area (Å²) in [6.07, 6.45) is 1.67. The number of likely N-dealkylation sites (tertiary alicyclic amines) is 1. The Balaban J connectivity index is 1.66. The zero-order chi connectivity index (χ0) is 14.7. The Morgan fingerprint density at radius 1 is 1.38 bits per heavy atom. The van der Waals surface area contributed by atoms with Crippen LogP contribution in [-0.2, 0) is 11.3 Å². The van der Waals surface area contributed by atoms with Crippen molar-refractivity contribution in [3.63, 3.8) is 0 Å². The van der Waals surface area contributed by atoms with Crippen LogP contribution in [0.25, 0.3) is 11.3 Å². The quantitative estimate of drug-likeness (QED) is 0.936. The Kier molecular flexibility index (Phi) is 4.01. The second-order valence-corrected chi connectivity index (χ2v) is 5.46. The van der Waals surface area contributed by atoms with Gasteiger partial charge >= 0.3 is 5.97 Å². The SMILES string of the molecule is O=C(O)[C@H]1CCCN(Cc2cc(-c3ccccc3)no2)C1. The number of piperidine rings is 1. The van der Waals surface area contributed by atoms with Gasteiger partial charge in [-0.1, -0.05) is 35.5 Å². The van der Waals surface area contributed by atoms with Gasteiger partial charge in [-0.2, -0.15) is 0 Å². The zero-order valence-corrected chi connectivity index (χ0v) is 11.7. The molecular formula is C16H18N2O3. The highest BCUT2D eigenvalue weighted by Gasteiger charge is 2.26. The first kappa shape index (κ1) is 13.8. The topological polar surface area (TPSA) is 66.6 Å². The van der Waals surface area contributed by atoms with Gasteiger partial charge in [0.2, 0.25) is 0 Å². The summed E-state index contributed by atoms with van der Waals surface area (Å²) in [5.41, 5.74) is 1.84. The van der Waals surface area contributed by atoms with Gasteiger partial charge in [-0.25, -0.2) is 0 Å². The molecule has 3 rings (SSSR count). The highest BCUT2D eigenvalue weighted by molar-refractivity contribution is 5.70. The molecule has 0 spiro atoms. The highest BCUT2D eigenvalue weighted by atomic mass is 16.5. The Morgan fingerprint density at radius 2 is 2.19 bits per heavy atom. The third kappa shape index (κ3) is 3.31. The Hall–Kier alpha value is -2.14. The van der Waals surface area contributed by atoms with Crippen molar-refractivity contribution < 1.29 is 14.4 Å². The van der Waals surface area contributed by atoms with Crippen molar-refractivity contribution in [1.29, 1.82) is 0 Å². The number of benzene rings is 1. The Labute approximate surface area is 123 Å². The predicted octanol–water partition coefficient (Wildman–Crippen LogP) is 2.64. The van der Waals surface area contributed by atoms with E-state index in [-0.39, 0.29) is 5.92 Å². The molecule has 1 aromatic heterocycles. The largest absolute Gasteiger partial charge is 0.481 e. The molecule has 0 bridgehead atoms. The molecule has 1 saturated heterocycles. The molecule has 0 amide bonds. The van der Waals surface area contributed by atoms with Gasteiger partial charge in [-0.05, 0) is 19.4 Å². The van der Waals surface area contributed by atoms with E-state index >= 15 is 0 Å². The summed E-state index contributed by atoms with van der Waals surface area (Å²) in [6.45, 7) is 2.10. The van der Waals surface area contributed by atoms with Gasteiger partial charge in [0, 0.05) is 18.2 Å². The highest BCUT2D eigenvalue weighted by Crippen LogP contribution is 2.22. The van der Waals surface area contributed by atoms with Crippen LogP contribution in [0.3, 0.4) is 0 Å². The van der Waals surface area contributed by atoms with Crippen LogP contribution < -0.4 is 0 Å². The molecular weight excluding hydrogens is 268 g/mol. The van der Waals surface area contributed by atoms with Crippen LogP contribution in [0.4, 0.5) is 0 Å². The average molecular weight is 286 g/mol. The van der Waals surface area contributed by atoms with Crippen molar-refractivity contribution in [1.82, 2.24) is 10.1 Å². The number of carboxylic acids is 1. The molecule has 0 unspecified atom stereocenters. The van der Waals surface area contributed by atoms with E-state index in [1.54, 1.807) is 0 Å². The second kappa shape index (κ2) is 6.10. The number of carbonyl (C=O) groups is 1. The third-order valence-corrected chi connectivity index (χ3v) is 3.86. The molecule has 1 fully saturated rings. The maximum atomic E-state index is 11.1. The molecule has 1 aromatic carbocycles. The van der Waals surface area contributed by atoms with Gasteiger partial charge in [0.1, 0.15) is 5.69 Å². The number of hydrogen-bond acceptors (Lipinski definition) is 4. The van der Waals surface area contributed by atoms with E-state index in [2.05, 4.69) is 10.1 Å². The fraction of sp³-hybridized carbons (Fsp3) is 0.375. The predicted molar refractivity (Wildman–Crippen MR) is 77.6 cm³/mol. The number of nitrogens with zero attached hydrogens (tertiary/aromatic N) is 2. The van der Waals surface area contributed by atoms with Crippen molar-refractivity contribution in [3.8, 4) is 11.3 Å². The van der Waals surface area contributed by atoms with Crippen LogP contribution >= 0.6 is 0 Å². The fourth-order valence-electron chi connectivity index (χ4n) is 2.75. The summed E-state index contributed by atoms with van der Waals surface area (Å²) in [7, 11) is 0. The first-order valence-electron chi connectivity index (χ1n) is 7.18. The van der Waals surface area contributed by atoms with Crippen molar-refractivity contribution in [3.05, 3.63) is 42.2 Å². The minimum atomic E-state index is -0.706. The molecule has 0 aliphatic carbocycles. The summed E-state index contributed by atoms with van der Waals surface area (Å²) in [5.74, 6) is -0.197. The van der Waals surface area contributed by atoms with Crippen LogP contribution in [0.15, 0.2) is 40.9 Å². The number of aromatic nitrogens is 1. The molecule has 0 saturated carbocycles. The number of carboxylic acid groups (broad SMARTS) is 1. The monoisotopic (exact) mass is 286 g/mol. The maximum Gasteiger partial charge on any atom is 0.307 e. The van der Waals surface area contributed by atoms with Crippen LogP contribution in [0, 0.1) is 5.92 Å². The van der Waals surface area contributed by atoms with Crippen LogP contribution in [0.1, 0.15) is 18.6 Å². The van der Waals surface area contributed by atoms with Crippen molar-refractivity contribution in [2.75, 3.05) is 13.1 Å². The molecule has 2 aromatic rings. The fourth-order valence-corrected chi connectivity index (χ4v) is 2.75. The van der Waals surface area contributed by atoms with Crippen LogP contribution in [0.5, 0.6) is 0 Å². The first-order valence-corrected chi connectivity index (χ1v) is 7.18. The lowest BCUT2D eigenvalue weighted by Crippen LogP contribution is -2.38. The number of rotatable bonds is 4. The van der Waals surface area contributed by atoms with Gasteiger partial charge < -0.3 is 9.63 Å². The van der Waals surface area contributed by atoms with Gasteiger partial charge in [0.05, 0.1) is 12.5 Å². The molecule has 1 aliphatic heterocycles. The van der Waals surface area contributed by atoms with Gasteiger partial charge in [0.25, 0.3) is 0 Å². The molecule has 110 valence electrons. The van der Waals surface area contributed by atoms with E-state index < -0.39 is 5.97 Å². The van der Waals surface area contributed by atoms with Gasteiger partial charge in [-0.15, -0.1) is 0 Å². The van der Waals surface area contributed by atoms with Crippen molar-refractivity contribution in [2.45, 2.75) is 19.4 Å². The van der Waals surface area contributed by atoms with Crippen molar-refractivity contribution >= 4 is 5.97 Å². The molecule has 1 N–H and O–H groups in total. The van der Waals surface area contributed by atoms with E-state index in [1.165, 1.54) is 0 Å². The molecule has 1 aliphatic rings. The normalized spacial score (nSPS) is 19.5. The molecule has 2 heterocycles. The zero-order valence-electron chi connectivity index (χ0n) is 11.7. The van der Waals surface area contributed by atoms with E-state index in [0.29, 0.717) is 13.1 Å². The summed E-state index contributed by atoms with van der Waals surface area (Å²) < 4.78 is 5.38. The number of hydrogen-bond donors (Lipinski definition) is 1. The molecule has 5 nitrogen and oxygen atoms in total. The van der Waals surface area contributed by atoms with E-state index in [9.17, 15) is 4.79 Å². The van der Waals surface area contributed by atoms with Gasteiger partial charge in [0.15, 0.2) is 5.76 Å². The van der Waals surface area contributed by atoms with E-state index in [1.807, 2.05) is 36.4 Å². The maximum absolute atomic E-state index is 11.1. The lowest BCUT2D eigenvalue weighted by molar-refractivity contribution is -0.143. The molecule has 0 radical (unpaired) electrons. The third-order valence-electron chi connectivity index (χ3n) is 3.86.